The number of rotatable bonds is 5. The Morgan fingerprint density at radius 2 is 1.97 bits per heavy atom. The van der Waals surface area contributed by atoms with E-state index in [1.54, 1.807) is 29.6 Å². The van der Waals surface area contributed by atoms with Crippen LogP contribution in [0.25, 0.3) is 11.0 Å². The van der Waals surface area contributed by atoms with Crippen molar-refractivity contribution in [3.8, 4) is 0 Å². The van der Waals surface area contributed by atoms with Gasteiger partial charge in [-0.15, -0.1) is 0 Å². The maximum Gasteiger partial charge on any atom is 0.449 e. The number of piperazine rings is 1. The molecule has 2 fully saturated rings. The first-order valence-electron chi connectivity index (χ1n) is 10.1. The molecule has 7 nitrogen and oxygen atoms in total. The highest BCUT2D eigenvalue weighted by Crippen LogP contribution is 2.34. The van der Waals surface area contributed by atoms with E-state index in [4.69, 9.17) is 4.74 Å². The van der Waals surface area contributed by atoms with Gasteiger partial charge < -0.3 is 14.6 Å². The maximum atomic E-state index is 13.7. The van der Waals surface area contributed by atoms with Gasteiger partial charge in [0.1, 0.15) is 0 Å². The lowest BCUT2D eigenvalue weighted by Gasteiger charge is -2.30. The fourth-order valence-electron chi connectivity index (χ4n) is 3.97. The average molecular weight is 446 g/mol. The van der Waals surface area contributed by atoms with E-state index in [1.165, 1.54) is 4.57 Å². The number of aromatic nitrogens is 2. The summed E-state index contributed by atoms with van der Waals surface area (Å²) in [5.74, 6) is -0.758. The summed E-state index contributed by atoms with van der Waals surface area (Å²) in [6.07, 6.45) is -3.07. The zero-order valence-electron chi connectivity index (χ0n) is 16.8. The van der Waals surface area contributed by atoms with Crippen molar-refractivity contribution in [2.45, 2.75) is 25.6 Å². The molecule has 1 aromatic heterocycles. The zero-order chi connectivity index (χ0) is 21.3. The number of anilines is 1. The monoisotopic (exact) mass is 445 g/mol. The average Bonchev–Trinajstić information content (AvgIpc) is 3.12. The van der Waals surface area contributed by atoms with Crippen molar-refractivity contribution in [2.24, 2.45) is 5.92 Å². The molecule has 0 amide bonds. The molecule has 2 saturated heterocycles. The van der Waals surface area contributed by atoms with E-state index in [-0.39, 0.29) is 18.0 Å². The highest BCUT2D eigenvalue weighted by atomic mass is 32.2. The number of halogens is 3. The summed E-state index contributed by atoms with van der Waals surface area (Å²) in [6.45, 7) is 4.22. The molecule has 2 aliphatic rings. The van der Waals surface area contributed by atoms with Gasteiger partial charge in [0.05, 0.1) is 16.7 Å². The summed E-state index contributed by atoms with van der Waals surface area (Å²) in [5, 5.41) is 3.21. The van der Waals surface area contributed by atoms with Crippen molar-refractivity contribution in [2.75, 3.05) is 50.7 Å². The van der Waals surface area contributed by atoms with Crippen LogP contribution >= 0.6 is 0 Å². The van der Waals surface area contributed by atoms with Crippen LogP contribution in [0.2, 0.25) is 0 Å². The molecular weight excluding hydrogens is 419 g/mol. The molecule has 1 aromatic carbocycles. The van der Waals surface area contributed by atoms with Crippen molar-refractivity contribution in [1.82, 2.24) is 19.2 Å². The number of imidazole rings is 1. The van der Waals surface area contributed by atoms with Gasteiger partial charge in [-0.3, -0.25) is 4.31 Å². The molecule has 0 bridgehead atoms. The maximum absolute atomic E-state index is 13.7. The third kappa shape index (κ3) is 4.48. The zero-order valence-corrected chi connectivity index (χ0v) is 17.6. The number of benzene rings is 1. The van der Waals surface area contributed by atoms with Crippen LogP contribution in [0.15, 0.2) is 18.2 Å². The fourth-order valence-corrected chi connectivity index (χ4v) is 5.10. The van der Waals surface area contributed by atoms with Gasteiger partial charge in [0.2, 0.25) is 5.82 Å². The smallest absolute Gasteiger partial charge is 0.381 e. The van der Waals surface area contributed by atoms with Gasteiger partial charge in [-0.05, 0) is 37.0 Å². The molecule has 30 heavy (non-hydrogen) atoms. The topological polar surface area (TPSA) is 62.6 Å². The lowest BCUT2D eigenvalue weighted by molar-refractivity contribution is -0.147. The van der Waals surface area contributed by atoms with Crippen LogP contribution in [0.5, 0.6) is 0 Å². The van der Waals surface area contributed by atoms with Crippen LogP contribution in [-0.4, -0.2) is 64.5 Å². The van der Waals surface area contributed by atoms with Gasteiger partial charge >= 0.3 is 6.18 Å². The van der Waals surface area contributed by atoms with Crippen LogP contribution < -0.4 is 9.62 Å². The standard InChI is InChI=1S/C19H26F3N5O2S/c1-25(30(28)26-8-6-23-7-9-26)15-2-3-17-16(12-15)24-18(19(20,21)22)27(17)13-14-4-10-29-11-5-14/h2-3,12,14,23H,4-11,13H2,1H3. The van der Waals surface area contributed by atoms with Gasteiger partial charge in [0, 0.05) is 53.0 Å². The number of hydrogen-bond donors (Lipinski definition) is 1. The number of fused-ring (bicyclic) bond motifs is 1. The van der Waals surface area contributed by atoms with Crippen LogP contribution in [0.4, 0.5) is 18.9 Å². The van der Waals surface area contributed by atoms with Crippen LogP contribution in [-0.2, 0) is 28.6 Å². The number of alkyl halides is 3. The largest absolute Gasteiger partial charge is 0.449 e. The summed E-state index contributed by atoms with van der Waals surface area (Å²) in [5.41, 5.74) is 1.28. The number of ether oxygens (including phenoxy) is 1. The predicted molar refractivity (Wildman–Crippen MR) is 109 cm³/mol. The Kier molecular flexibility index (Phi) is 6.33. The first-order valence-corrected chi connectivity index (χ1v) is 11.2. The Morgan fingerprint density at radius 3 is 2.63 bits per heavy atom. The second-order valence-electron chi connectivity index (χ2n) is 7.68. The van der Waals surface area contributed by atoms with Crippen molar-refractivity contribution in [3.63, 3.8) is 0 Å². The molecule has 4 rings (SSSR count). The molecule has 0 saturated carbocycles. The summed E-state index contributed by atoms with van der Waals surface area (Å²) < 4.78 is 63.9. The van der Waals surface area contributed by atoms with Gasteiger partial charge in [-0.2, -0.15) is 13.2 Å². The van der Waals surface area contributed by atoms with Gasteiger partial charge in [-0.25, -0.2) is 13.5 Å². The molecule has 3 heterocycles. The summed E-state index contributed by atoms with van der Waals surface area (Å²) in [4.78, 5) is 3.92. The molecule has 166 valence electrons. The summed E-state index contributed by atoms with van der Waals surface area (Å²) >= 11 is -1.41. The van der Waals surface area contributed by atoms with Crippen molar-refractivity contribution >= 4 is 27.9 Å². The Labute approximate surface area is 175 Å². The molecule has 0 radical (unpaired) electrons. The van der Waals surface area contributed by atoms with Crippen molar-refractivity contribution in [3.05, 3.63) is 24.0 Å². The molecular formula is C19H26F3N5O2S. The van der Waals surface area contributed by atoms with Crippen molar-refractivity contribution in [1.29, 1.82) is 0 Å². The summed E-state index contributed by atoms with van der Waals surface area (Å²) in [7, 11) is 1.68. The van der Waals surface area contributed by atoms with Crippen molar-refractivity contribution < 1.29 is 22.1 Å². The van der Waals surface area contributed by atoms with E-state index in [0.29, 0.717) is 37.5 Å². The van der Waals surface area contributed by atoms with E-state index < -0.39 is 23.2 Å². The van der Waals surface area contributed by atoms with E-state index in [0.717, 1.165) is 25.9 Å². The van der Waals surface area contributed by atoms with Gasteiger partial charge in [-0.1, -0.05) is 0 Å². The quantitative estimate of drug-likeness (QED) is 0.768. The van der Waals surface area contributed by atoms with Gasteiger partial charge in [0.15, 0.2) is 11.2 Å². The molecule has 11 heteroatoms. The molecule has 1 N–H and O–H groups in total. The Balaban J connectivity index is 1.64. The molecule has 1 unspecified atom stereocenters. The van der Waals surface area contributed by atoms with E-state index >= 15 is 0 Å². The fraction of sp³-hybridized carbons (Fsp3) is 0.632. The first kappa shape index (κ1) is 21.5. The molecule has 2 aromatic rings. The highest BCUT2D eigenvalue weighted by molar-refractivity contribution is 7.84. The van der Waals surface area contributed by atoms with Crippen LogP contribution in [0, 0.1) is 5.92 Å². The summed E-state index contributed by atoms with van der Waals surface area (Å²) in [6, 6.07) is 4.95. The normalized spacial score (nSPS) is 20.5. The highest BCUT2D eigenvalue weighted by Gasteiger charge is 2.38. The van der Waals surface area contributed by atoms with E-state index in [1.807, 2.05) is 4.31 Å². The second kappa shape index (κ2) is 8.81. The lowest BCUT2D eigenvalue weighted by atomic mass is 10.0. The Morgan fingerprint density at radius 1 is 1.27 bits per heavy atom. The van der Waals surface area contributed by atoms with E-state index in [2.05, 4.69) is 10.3 Å². The third-order valence-corrected chi connectivity index (χ3v) is 7.15. The third-order valence-electron chi connectivity index (χ3n) is 5.66. The minimum atomic E-state index is -4.54. The Bertz CT molecular complexity index is 907. The minimum Gasteiger partial charge on any atom is -0.381 e. The molecule has 0 spiro atoms. The Hall–Kier alpha value is -1.69. The molecule has 0 aliphatic carbocycles. The number of nitrogens with one attached hydrogen (secondary N) is 1. The molecule has 2 aliphatic heterocycles. The predicted octanol–water partition coefficient (Wildman–Crippen LogP) is 2.40. The van der Waals surface area contributed by atoms with E-state index in [9.17, 15) is 17.4 Å². The molecule has 1 atom stereocenters. The van der Waals surface area contributed by atoms with Crippen LogP contribution in [0.3, 0.4) is 0 Å². The number of nitrogens with zero attached hydrogens (tertiary/aromatic N) is 4. The van der Waals surface area contributed by atoms with Gasteiger partial charge in [0.25, 0.3) is 0 Å². The lowest BCUT2D eigenvalue weighted by Crippen LogP contribution is -2.47. The van der Waals surface area contributed by atoms with Crippen LogP contribution in [0.1, 0.15) is 18.7 Å². The SMILES string of the molecule is CN(c1ccc2c(c1)nc(C(F)(F)F)n2CC1CCOCC1)S(=O)N1CCNCC1. The number of hydrogen-bond acceptors (Lipinski definition) is 4. The first-order chi connectivity index (χ1) is 14.3. The minimum absolute atomic E-state index is 0.125. The second-order valence-corrected chi connectivity index (χ2v) is 9.21.